The molecule has 0 saturated heterocycles. The topological polar surface area (TPSA) is 95.3 Å². The van der Waals surface area contributed by atoms with Crippen LogP contribution >= 0.6 is 0 Å². The lowest BCUT2D eigenvalue weighted by atomic mass is 9.94. The number of Topliss-reactive ketones (excluding diaryl/α,β-unsaturated/α-hetero) is 1. The highest BCUT2D eigenvalue weighted by molar-refractivity contribution is 6.27. The third kappa shape index (κ3) is 2.69. The summed E-state index contributed by atoms with van der Waals surface area (Å²) in [7, 11) is 4.18. The maximum Gasteiger partial charge on any atom is 0.332 e. The Balaban J connectivity index is 2.02. The number of anilines is 1. The fourth-order valence-electron chi connectivity index (χ4n) is 3.06. The van der Waals surface area contributed by atoms with Gasteiger partial charge < -0.3 is 0 Å². The summed E-state index contributed by atoms with van der Waals surface area (Å²) in [5, 5.41) is 0. The number of hydrogen-bond acceptors (Lipinski definition) is 4. The number of benzene rings is 1. The molecular weight excluding hydrogens is 336 g/mol. The number of amides is 1. The highest BCUT2D eigenvalue weighted by Gasteiger charge is 2.42. The number of carbonyl (C=O) groups excluding carboxylic acids is 2. The molecule has 8 nitrogen and oxygen atoms in total. The van der Waals surface area contributed by atoms with Crippen molar-refractivity contribution in [2.24, 2.45) is 20.0 Å². The minimum Gasteiger partial charge on any atom is -0.299 e. The van der Waals surface area contributed by atoms with Gasteiger partial charge in [0.15, 0.2) is 24.5 Å². The minimum absolute atomic E-state index is 0.0285. The van der Waals surface area contributed by atoms with Gasteiger partial charge in [0.1, 0.15) is 11.4 Å². The highest BCUT2D eigenvalue weighted by atomic mass is 16.2. The van der Waals surface area contributed by atoms with Crippen LogP contribution in [0, 0.1) is 5.92 Å². The number of carbonyl (C=O) groups is 2. The van der Waals surface area contributed by atoms with Gasteiger partial charge in [-0.2, -0.15) is 0 Å². The van der Waals surface area contributed by atoms with Gasteiger partial charge in [0.05, 0.1) is 0 Å². The second-order valence-corrected chi connectivity index (χ2v) is 6.18. The lowest BCUT2D eigenvalue weighted by molar-refractivity contribution is -0.471. The van der Waals surface area contributed by atoms with Gasteiger partial charge in [-0.15, -0.1) is 0 Å². The van der Waals surface area contributed by atoms with E-state index in [4.69, 9.17) is 0 Å². The van der Waals surface area contributed by atoms with Crippen LogP contribution in [-0.2, 0) is 25.4 Å². The summed E-state index contributed by atoms with van der Waals surface area (Å²) in [4.78, 5) is 54.1. The van der Waals surface area contributed by atoms with Crippen molar-refractivity contribution in [3.8, 4) is 0 Å². The summed E-state index contributed by atoms with van der Waals surface area (Å²) < 4.78 is 2.01. The van der Waals surface area contributed by atoms with Crippen LogP contribution in [0.3, 0.4) is 0 Å². The van der Waals surface area contributed by atoms with Crippen molar-refractivity contribution in [1.29, 1.82) is 0 Å². The third-order valence-corrected chi connectivity index (χ3v) is 4.51. The van der Waals surface area contributed by atoms with E-state index in [1.165, 1.54) is 32.3 Å². The van der Waals surface area contributed by atoms with Crippen LogP contribution in [0.4, 0.5) is 5.82 Å². The Morgan fingerprint density at radius 3 is 2.31 bits per heavy atom. The molecule has 0 spiro atoms. The van der Waals surface area contributed by atoms with Gasteiger partial charge in [0.2, 0.25) is 5.91 Å². The lowest BCUT2D eigenvalue weighted by Gasteiger charge is -2.29. The Kier molecular flexibility index (Phi) is 4.41. The van der Waals surface area contributed by atoms with E-state index in [-0.39, 0.29) is 11.4 Å². The first-order valence-corrected chi connectivity index (χ1v) is 8.07. The molecule has 3 rings (SSSR count). The summed E-state index contributed by atoms with van der Waals surface area (Å²) in [5.74, 6) is -2.20. The number of rotatable bonds is 3. The van der Waals surface area contributed by atoms with Crippen molar-refractivity contribution in [1.82, 2.24) is 9.13 Å². The zero-order chi connectivity index (χ0) is 19.0. The second-order valence-electron chi connectivity index (χ2n) is 6.18. The van der Waals surface area contributed by atoms with Crippen molar-refractivity contribution in [2.45, 2.75) is 6.54 Å². The first-order valence-electron chi connectivity index (χ1n) is 8.07. The van der Waals surface area contributed by atoms with Crippen LogP contribution < -0.4 is 21.1 Å². The molecule has 0 radical (unpaired) electrons. The summed E-state index contributed by atoms with van der Waals surface area (Å²) in [6.45, 7) is 0.444. The molecule has 26 heavy (non-hydrogen) atoms. The van der Waals surface area contributed by atoms with E-state index in [0.717, 1.165) is 14.7 Å². The third-order valence-electron chi connectivity index (χ3n) is 4.51. The Morgan fingerprint density at radius 1 is 1.00 bits per heavy atom. The maximum absolute atomic E-state index is 12.8. The van der Waals surface area contributed by atoms with E-state index < -0.39 is 28.9 Å². The predicted octanol–water partition coefficient (Wildman–Crippen LogP) is -1.79. The van der Waals surface area contributed by atoms with E-state index in [0.29, 0.717) is 6.54 Å². The molecule has 2 heterocycles. The van der Waals surface area contributed by atoms with Gasteiger partial charge in [0, 0.05) is 26.7 Å². The van der Waals surface area contributed by atoms with Crippen LogP contribution in [-0.4, -0.2) is 34.1 Å². The van der Waals surface area contributed by atoms with Gasteiger partial charge >= 0.3 is 5.69 Å². The highest BCUT2D eigenvalue weighted by Crippen LogP contribution is 2.24. The first-order chi connectivity index (χ1) is 12.3. The van der Waals surface area contributed by atoms with E-state index in [1.807, 2.05) is 30.3 Å². The van der Waals surface area contributed by atoms with E-state index in [9.17, 15) is 19.2 Å². The normalized spacial score (nSPS) is 17.0. The molecule has 1 atom stereocenters. The van der Waals surface area contributed by atoms with Crippen LogP contribution in [0.5, 0.6) is 0 Å². The molecule has 2 aromatic rings. The molecular formula is C18H19N4O4+. The molecule has 1 aromatic heterocycles. The van der Waals surface area contributed by atoms with Crippen molar-refractivity contribution in [3.63, 3.8) is 0 Å². The van der Waals surface area contributed by atoms with Crippen molar-refractivity contribution in [2.75, 3.05) is 11.9 Å². The first kappa shape index (κ1) is 17.5. The fourth-order valence-corrected chi connectivity index (χ4v) is 3.06. The predicted molar refractivity (Wildman–Crippen MR) is 95.3 cm³/mol. The van der Waals surface area contributed by atoms with Crippen LogP contribution in [0.25, 0.3) is 0 Å². The molecule has 1 amide bonds. The summed E-state index contributed by atoms with van der Waals surface area (Å²) in [5.41, 5.74) is -0.453. The molecule has 8 heteroatoms. The van der Waals surface area contributed by atoms with Gasteiger partial charge in [-0.25, -0.2) is 9.79 Å². The maximum atomic E-state index is 12.8. The SMILES string of the molecule is CN1C(=O)[C@H](C=[NH+]Cc2ccccc2)C(=O)c2c1n(C)c(=O)n(C)c2=O. The number of hydrogen-bond donors (Lipinski definition) is 1. The van der Waals surface area contributed by atoms with E-state index >= 15 is 0 Å². The zero-order valence-electron chi connectivity index (χ0n) is 14.7. The van der Waals surface area contributed by atoms with Crippen molar-refractivity contribution in [3.05, 3.63) is 62.3 Å². The lowest BCUT2D eigenvalue weighted by Crippen LogP contribution is -2.70. The Bertz CT molecular complexity index is 1030. The number of ketones is 1. The number of nitrogens with one attached hydrogen (secondary N) is 1. The fraction of sp³-hybridized carbons (Fsp3) is 0.278. The molecule has 0 saturated carbocycles. The molecule has 0 aliphatic carbocycles. The Hall–Kier alpha value is -3.29. The summed E-state index contributed by atoms with van der Waals surface area (Å²) in [6, 6.07) is 9.51. The van der Waals surface area contributed by atoms with E-state index in [1.54, 1.807) is 0 Å². The van der Waals surface area contributed by atoms with Gasteiger partial charge in [0.25, 0.3) is 5.56 Å². The average molecular weight is 355 g/mol. The molecule has 1 aliphatic heterocycles. The molecule has 1 aliphatic rings. The molecule has 0 unspecified atom stereocenters. The molecule has 0 fully saturated rings. The van der Waals surface area contributed by atoms with Crippen molar-refractivity contribution >= 4 is 23.7 Å². The van der Waals surface area contributed by atoms with Crippen LogP contribution in [0.15, 0.2) is 39.9 Å². The molecule has 0 bridgehead atoms. The number of nitrogens with zero attached hydrogens (tertiary/aromatic N) is 3. The Morgan fingerprint density at radius 2 is 1.65 bits per heavy atom. The largest absolute Gasteiger partial charge is 0.332 e. The van der Waals surface area contributed by atoms with E-state index in [2.05, 4.69) is 4.99 Å². The van der Waals surface area contributed by atoms with Crippen LogP contribution in [0.1, 0.15) is 15.9 Å². The average Bonchev–Trinajstić information content (AvgIpc) is 2.64. The summed E-state index contributed by atoms with van der Waals surface area (Å²) >= 11 is 0. The summed E-state index contributed by atoms with van der Waals surface area (Å²) in [6.07, 6.45) is 1.40. The van der Waals surface area contributed by atoms with Gasteiger partial charge in [-0.05, 0) is 0 Å². The number of aromatic nitrogens is 2. The molecule has 1 aromatic carbocycles. The standard InChI is InChI=1S/C18H18N4O4/c1-20-15-13(17(25)22(3)18(26)21(15)2)14(23)12(16(20)24)10-19-9-11-7-5-4-6-8-11/h4-8,10,12H,9H2,1-3H3/p+1/t12-/m1/s1. The van der Waals surface area contributed by atoms with Crippen LogP contribution in [0.2, 0.25) is 0 Å². The molecule has 1 N–H and O–H groups in total. The quantitative estimate of drug-likeness (QED) is 0.520. The Labute approximate surface area is 149 Å². The second kappa shape index (κ2) is 6.55. The smallest absolute Gasteiger partial charge is 0.299 e. The number of fused-ring (bicyclic) bond motifs is 1. The molecule has 134 valence electrons. The van der Waals surface area contributed by atoms with Gasteiger partial charge in [-0.3, -0.25) is 28.4 Å². The van der Waals surface area contributed by atoms with Gasteiger partial charge in [-0.1, -0.05) is 30.3 Å². The monoisotopic (exact) mass is 355 g/mol. The zero-order valence-corrected chi connectivity index (χ0v) is 14.7. The van der Waals surface area contributed by atoms with Crippen molar-refractivity contribution < 1.29 is 14.6 Å². The minimum atomic E-state index is -1.12.